The van der Waals surface area contributed by atoms with E-state index in [2.05, 4.69) is 19.6 Å². The molecule has 66 valence electrons. The topological polar surface area (TPSA) is 26.3 Å². The third kappa shape index (κ3) is 6.25. The minimum Gasteiger partial charge on any atom is -0.410 e. The highest BCUT2D eigenvalue weighted by Gasteiger charge is 2.17. The summed E-state index contributed by atoms with van der Waals surface area (Å²) in [5, 5.41) is 0. The fourth-order valence-electron chi connectivity index (χ4n) is 0.454. The van der Waals surface area contributed by atoms with Crippen molar-refractivity contribution in [2.75, 3.05) is 6.61 Å². The summed E-state index contributed by atoms with van der Waals surface area (Å²) in [7, 11) is -1.49. The van der Waals surface area contributed by atoms with Crippen LogP contribution in [-0.2, 0) is 9.22 Å². The highest BCUT2D eigenvalue weighted by Crippen LogP contribution is 2.04. The average Bonchev–Trinajstić information content (AvgIpc) is 1.80. The third-order valence-electron chi connectivity index (χ3n) is 1.29. The lowest BCUT2D eigenvalue weighted by atomic mass is 10.1. The fraction of sp³-hybridized carbons (Fsp3) is 0.875. The van der Waals surface area contributed by atoms with E-state index in [1.54, 1.807) is 0 Å². The van der Waals surface area contributed by atoms with Gasteiger partial charge >= 0.3 is 0 Å². The molecule has 0 aliphatic heterocycles. The molecule has 11 heavy (non-hydrogen) atoms. The van der Waals surface area contributed by atoms with E-state index in [1.165, 1.54) is 0 Å². The maximum atomic E-state index is 11.1. The Hall–Kier alpha value is -0.153. The van der Waals surface area contributed by atoms with Gasteiger partial charge in [-0.25, -0.2) is 0 Å². The van der Waals surface area contributed by atoms with E-state index in [-0.39, 0.29) is 11.7 Å². The van der Waals surface area contributed by atoms with E-state index in [0.717, 1.165) is 0 Å². The maximum Gasteiger partial charge on any atom is 0.184 e. The van der Waals surface area contributed by atoms with Crippen LogP contribution < -0.4 is 0 Å². The minimum atomic E-state index is -1.49. The van der Waals surface area contributed by atoms with Gasteiger partial charge in [0.25, 0.3) is 0 Å². The Morgan fingerprint density at radius 3 is 2.09 bits per heavy atom. The molecule has 0 aromatic heterocycles. The molecule has 3 heteroatoms. The molecule has 0 unspecified atom stereocenters. The molecule has 0 radical (unpaired) electrons. The molecule has 0 bridgehead atoms. The zero-order valence-electron chi connectivity index (χ0n) is 8.10. The first-order chi connectivity index (χ1) is 4.83. The quantitative estimate of drug-likeness (QED) is 0.610. The summed E-state index contributed by atoms with van der Waals surface area (Å²) in [6.07, 6.45) is 0. The Balaban J connectivity index is 3.64. The maximum absolute atomic E-state index is 11.1. The van der Waals surface area contributed by atoms with Crippen LogP contribution in [0.4, 0.5) is 0 Å². The van der Waals surface area contributed by atoms with Crippen LogP contribution in [0, 0.1) is 5.92 Å². The smallest absolute Gasteiger partial charge is 0.184 e. The highest BCUT2D eigenvalue weighted by molar-refractivity contribution is 6.69. The van der Waals surface area contributed by atoms with Gasteiger partial charge in [0, 0.05) is 5.92 Å². The van der Waals surface area contributed by atoms with Gasteiger partial charge in [-0.2, -0.15) is 0 Å². The second-order valence-corrected chi connectivity index (χ2v) is 8.54. The molecule has 2 nitrogen and oxygen atoms in total. The van der Waals surface area contributed by atoms with E-state index in [9.17, 15) is 4.79 Å². The SMILES string of the molecule is CC(C)C(=O)CO[Si](C)(C)C. The zero-order chi connectivity index (χ0) is 9.07. The van der Waals surface area contributed by atoms with Gasteiger partial charge in [-0.3, -0.25) is 4.79 Å². The van der Waals surface area contributed by atoms with Crippen molar-refractivity contribution in [2.45, 2.75) is 33.5 Å². The Kier molecular flexibility index (Phi) is 3.96. The summed E-state index contributed by atoms with van der Waals surface area (Å²) < 4.78 is 5.44. The summed E-state index contributed by atoms with van der Waals surface area (Å²) in [6.45, 7) is 10.3. The normalized spacial score (nSPS) is 12.2. The van der Waals surface area contributed by atoms with Crippen LogP contribution >= 0.6 is 0 Å². The van der Waals surface area contributed by atoms with Gasteiger partial charge in [-0.1, -0.05) is 13.8 Å². The van der Waals surface area contributed by atoms with Gasteiger partial charge in [0.2, 0.25) is 0 Å². The zero-order valence-corrected chi connectivity index (χ0v) is 9.10. The number of hydrogen-bond acceptors (Lipinski definition) is 2. The Morgan fingerprint density at radius 2 is 1.82 bits per heavy atom. The second-order valence-electron chi connectivity index (χ2n) is 4.02. The Morgan fingerprint density at radius 1 is 1.36 bits per heavy atom. The molecule has 0 saturated carbocycles. The molecule has 0 heterocycles. The molecule has 0 N–H and O–H groups in total. The first-order valence-electron chi connectivity index (χ1n) is 3.99. The largest absolute Gasteiger partial charge is 0.410 e. The van der Waals surface area contributed by atoms with Gasteiger partial charge in [-0.15, -0.1) is 0 Å². The molecule has 0 atom stereocenters. The lowest BCUT2D eigenvalue weighted by Gasteiger charge is -2.16. The predicted octanol–water partition coefficient (Wildman–Crippen LogP) is 2.06. The minimum absolute atomic E-state index is 0.103. The van der Waals surface area contributed by atoms with Crippen LogP contribution in [0.25, 0.3) is 0 Å². The van der Waals surface area contributed by atoms with E-state index < -0.39 is 8.32 Å². The van der Waals surface area contributed by atoms with Crippen LogP contribution in [0.3, 0.4) is 0 Å². The first-order valence-corrected chi connectivity index (χ1v) is 7.40. The van der Waals surface area contributed by atoms with Crippen molar-refractivity contribution in [2.24, 2.45) is 5.92 Å². The molecule has 0 aromatic rings. The van der Waals surface area contributed by atoms with Crippen molar-refractivity contribution in [1.82, 2.24) is 0 Å². The summed E-state index contributed by atoms with van der Waals surface area (Å²) in [4.78, 5) is 11.1. The summed E-state index contributed by atoms with van der Waals surface area (Å²) in [5.41, 5.74) is 0. The highest BCUT2D eigenvalue weighted by atomic mass is 28.4. The lowest BCUT2D eigenvalue weighted by Crippen LogP contribution is -2.29. The third-order valence-corrected chi connectivity index (χ3v) is 2.30. The van der Waals surface area contributed by atoms with Crippen LogP contribution in [0.5, 0.6) is 0 Å². The van der Waals surface area contributed by atoms with Crippen LogP contribution in [0.1, 0.15) is 13.8 Å². The molecule has 0 saturated heterocycles. The van der Waals surface area contributed by atoms with Crippen molar-refractivity contribution in [1.29, 1.82) is 0 Å². The van der Waals surface area contributed by atoms with Gasteiger partial charge in [-0.05, 0) is 19.6 Å². The van der Waals surface area contributed by atoms with Crippen LogP contribution in [0.15, 0.2) is 0 Å². The number of rotatable bonds is 4. The van der Waals surface area contributed by atoms with Gasteiger partial charge in [0.1, 0.15) is 0 Å². The van der Waals surface area contributed by atoms with Gasteiger partial charge < -0.3 is 4.43 Å². The van der Waals surface area contributed by atoms with Gasteiger partial charge in [0.15, 0.2) is 14.1 Å². The molecular weight excluding hydrogens is 156 g/mol. The standard InChI is InChI=1S/C8H18O2Si/c1-7(2)8(9)6-10-11(3,4)5/h7H,6H2,1-5H3. The lowest BCUT2D eigenvalue weighted by molar-refractivity contribution is -0.124. The molecule has 0 aliphatic rings. The Labute approximate surface area is 70.1 Å². The Bertz CT molecular complexity index is 136. The average molecular weight is 174 g/mol. The molecule has 0 spiro atoms. The first kappa shape index (κ1) is 10.8. The molecule has 0 amide bonds. The second kappa shape index (κ2) is 4.02. The predicted molar refractivity (Wildman–Crippen MR) is 49.1 cm³/mol. The molecule has 0 aromatic carbocycles. The number of carbonyl (C=O) groups excluding carboxylic acids is 1. The molecule has 0 aliphatic carbocycles. The van der Waals surface area contributed by atoms with Crippen molar-refractivity contribution in [3.05, 3.63) is 0 Å². The summed E-state index contributed by atoms with van der Waals surface area (Å²) >= 11 is 0. The number of ketones is 1. The molecule has 0 fully saturated rings. The van der Waals surface area contributed by atoms with E-state index in [0.29, 0.717) is 6.61 Å². The van der Waals surface area contributed by atoms with Gasteiger partial charge in [0.05, 0.1) is 6.61 Å². The van der Waals surface area contributed by atoms with Crippen molar-refractivity contribution >= 4 is 14.1 Å². The van der Waals surface area contributed by atoms with E-state index in [4.69, 9.17) is 4.43 Å². The molecule has 0 rings (SSSR count). The van der Waals surface area contributed by atoms with Crippen LogP contribution in [0.2, 0.25) is 19.6 Å². The monoisotopic (exact) mass is 174 g/mol. The van der Waals surface area contributed by atoms with Crippen molar-refractivity contribution in [3.8, 4) is 0 Å². The fourth-order valence-corrected chi connectivity index (χ4v) is 1.03. The number of carbonyl (C=O) groups is 1. The van der Waals surface area contributed by atoms with E-state index in [1.807, 2.05) is 13.8 Å². The van der Waals surface area contributed by atoms with Crippen molar-refractivity contribution < 1.29 is 9.22 Å². The van der Waals surface area contributed by atoms with Crippen molar-refractivity contribution in [3.63, 3.8) is 0 Å². The summed E-state index contributed by atoms with van der Waals surface area (Å²) in [5.74, 6) is 0.304. The number of hydrogen-bond donors (Lipinski definition) is 0. The van der Waals surface area contributed by atoms with E-state index >= 15 is 0 Å². The molecular formula is C8H18O2Si. The number of Topliss-reactive ketones (excluding diaryl/α,β-unsaturated/α-hetero) is 1. The van der Waals surface area contributed by atoms with Crippen LogP contribution in [-0.4, -0.2) is 20.7 Å². The summed E-state index contributed by atoms with van der Waals surface area (Å²) in [6, 6.07) is 0.